The van der Waals surface area contributed by atoms with Crippen LogP contribution in [0.25, 0.3) is 0 Å². The summed E-state index contributed by atoms with van der Waals surface area (Å²) in [4.78, 5) is 0. The van der Waals surface area contributed by atoms with Crippen molar-refractivity contribution in [2.45, 2.75) is 50.5 Å². The Morgan fingerprint density at radius 3 is 2.60 bits per heavy atom. The molecule has 0 aromatic rings. The minimum Gasteiger partial charge on any atom is -0.376 e. The van der Waals surface area contributed by atoms with Gasteiger partial charge in [-0.25, -0.2) is 0 Å². The zero-order valence-electron chi connectivity index (χ0n) is 9.19. The van der Waals surface area contributed by atoms with Crippen LogP contribution < -0.4 is 5.73 Å². The highest BCUT2D eigenvalue weighted by Crippen LogP contribution is 2.21. The molecular formula is C11H21NO3. The Morgan fingerprint density at radius 1 is 1.13 bits per heavy atom. The lowest BCUT2D eigenvalue weighted by molar-refractivity contribution is -0.173. The van der Waals surface area contributed by atoms with Crippen molar-refractivity contribution in [2.75, 3.05) is 19.8 Å². The quantitative estimate of drug-likeness (QED) is 0.696. The lowest BCUT2D eigenvalue weighted by Crippen LogP contribution is -2.42. The molecule has 2 N–H and O–H groups in total. The summed E-state index contributed by atoms with van der Waals surface area (Å²) in [5, 5.41) is 0. The van der Waals surface area contributed by atoms with E-state index in [-0.39, 0.29) is 6.29 Å². The van der Waals surface area contributed by atoms with Crippen molar-refractivity contribution < 1.29 is 14.2 Å². The summed E-state index contributed by atoms with van der Waals surface area (Å²) in [5.74, 6) is 0. The molecular weight excluding hydrogens is 194 g/mol. The van der Waals surface area contributed by atoms with E-state index in [9.17, 15) is 0 Å². The fourth-order valence-electron chi connectivity index (χ4n) is 1.98. The van der Waals surface area contributed by atoms with Crippen LogP contribution in [0.4, 0.5) is 0 Å². The summed E-state index contributed by atoms with van der Waals surface area (Å²) in [6, 6.07) is 0.359. The smallest absolute Gasteiger partial charge is 0.157 e. The zero-order valence-corrected chi connectivity index (χ0v) is 9.19. The van der Waals surface area contributed by atoms with Crippen LogP contribution in [-0.4, -0.2) is 38.3 Å². The van der Waals surface area contributed by atoms with E-state index in [1.165, 1.54) is 6.42 Å². The van der Waals surface area contributed by atoms with Gasteiger partial charge in [-0.3, -0.25) is 0 Å². The molecule has 1 unspecified atom stereocenters. The fraction of sp³-hybridized carbons (Fsp3) is 1.00. The van der Waals surface area contributed by atoms with Gasteiger partial charge in [0.1, 0.15) is 0 Å². The van der Waals surface area contributed by atoms with Gasteiger partial charge in [-0.1, -0.05) is 0 Å². The summed E-state index contributed by atoms with van der Waals surface area (Å²) in [7, 11) is 0. The van der Waals surface area contributed by atoms with Crippen LogP contribution >= 0.6 is 0 Å². The number of hydrogen-bond donors (Lipinski definition) is 1. The minimum atomic E-state index is 0.00555. The average molecular weight is 215 g/mol. The second kappa shape index (κ2) is 5.80. The van der Waals surface area contributed by atoms with Crippen LogP contribution in [0, 0.1) is 0 Å². The Morgan fingerprint density at radius 2 is 1.93 bits per heavy atom. The maximum Gasteiger partial charge on any atom is 0.157 e. The summed E-state index contributed by atoms with van der Waals surface area (Å²) in [6.07, 6.45) is 5.77. The van der Waals surface area contributed by atoms with Crippen LogP contribution in [-0.2, 0) is 14.2 Å². The van der Waals surface area contributed by atoms with Crippen molar-refractivity contribution in [1.29, 1.82) is 0 Å². The number of rotatable bonds is 5. The van der Waals surface area contributed by atoms with E-state index in [1.807, 2.05) is 0 Å². The normalized spacial score (nSPS) is 36.2. The first-order valence-electron chi connectivity index (χ1n) is 5.95. The monoisotopic (exact) mass is 215 g/mol. The molecule has 0 aromatic carbocycles. The van der Waals surface area contributed by atoms with Crippen molar-refractivity contribution in [2.24, 2.45) is 5.73 Å². The maximum absolute atomic E-state index is 5.66. The predicted octanol–water partition coefficient (Wildman–Crippen LogP) is 1.04. The lowest BCUT2D eigenvalue weighted by Gasteiger charge is -2.32. The van der Waals surface area contributed by atoms with Crippen LogP contribution in [0.1, 0.15) is 32.1 Å². The Kier molecular flexibility index (Phi) is 4.38. The summed E-state index contributed by atoms with van der Waals surface area (Å²) in [5.41, 5.74) is 5.66. The van der Waals surface area contributed by atoms with Gasteiger partial charge >= 0.3 is 0 Å². The lowest BCUT2D eigenvalue weighted by atomic mass is 9.90. The van der Waals surface area contributed by atoms with Crippen molar-refractivity contribution in [1.82, 2.24) is 0 Å². The molecule has 0 bridgehead atoms. The van der Waals surface area contributed by atoms with Gasteiger partial charge in [-0.05, 0) is 32.1 Å². The Balaban J connectivity index is 1.44. The second-order valence-corrected chi connectivity index (χ2v) is 4.39. The van der Waals surface area contributed by atoms with E-state index in [0.717, 1.165) is 32.3 Å². The fourth-order valence-corrected chi connectivity index (χ4v) is 1.98. The molecule has 0 radical (unpaired) electrons. The summed E-state index contributed by atoms with van der Waals surface area (Å²) in [6.45, 7) is 2.14. The van der Waals surface area contributed by atoms with Gasteiger partial charge < -0.3 is 19.9 Å². The highest BCUT2D eigenvalue weighted by Gasteiger charge is 2.26. The largest absolute Gasteiger partial charge is 0.376 e. The number of nitrogens with two attached hydrogens (primary N) is 1. The van der Waals surface area contributed by atoms with Gasteiger partial charge in [-0.15, -0.1) is 0 Å². The third-order valence-corrected chi connectivity index (χ3v) is 3.01. The van der Waals surface area contributed by atoms with Crippen molar-refractivity contribution in [3.8, 4) is 0 Å². The first-order valence-corrected chi connectivity index (χ1v) is 5.95. The van der Waals surface area contributed by atoms with E-state index < -0.39 is 0 Å². The Hall–Kier alpha value is -0.160. The van der Waals surface area contributed by atoms with Crippen molar-refractivity contribution in [3.05, 3.63) is 0 Å². The first-order chi connectivity index (χ1) is 7.34. The van der Waals surface area contributed by atoms with Gasteiger partial charge in [0, 0.05) is 12.6 Å². The van der Waals surface area contributed by atoms with E-state index in [2.05, 4.69) is 0 Å². The molecule has 1 atom stereocenters. The topological polar surface area (TPSA) is 53.7 Å². The Bertz CT molecular complexity index is 177. The number of ether oxygens (including phenoxy) is 3. The summed E-state index contributed by atoms with van der Waals surface area (Å²) >= 11 is 0. The molecule has 1 aliphatic heterocycles. The molecule has 4 nitrogen and oxygen atoms in total. The van der Waals surface area contributed by atoms with Gasteiger partial charge in [0.05, 0.1) is 19.3 Å². The van der Waals surface area contributed by atoms with E-state index in [4.69, 9.17) is 19.9 Å². The highest BCUT2D eigenvalue weighted by atomic mass is 16.7. The van der Waals surface area contributed by atoms with Crippen LogP contribution in [0.5, 0.6) is 0 Å². The standard InChI is InChI=1S/C11H21NO3/c12-9-7-10(8-9)13-5-6-15-11-3-1-2-4-14-11/h9-11H,1-8,12H2/t9-,10+,11?. The molecule has 4 heteroatoms. The average Bonchev–Trinajstić information content (AvgIpc) is 2.23. The molecule has 0 amide bonds. The van der Waals surface area contributed by atoms with E-state index >= 15 is 0 Å². The van der Waals surface area contributed by atoms with Gasteiger partial charge in [0.25, 0.3) is 0 Å². The third kappa shape index (κ3) is 3.72. The summed E-state index contributed by atoms with van der Waals surface area (Å²) < 4.78 is 16.6. The first kappa shape index (κ1) is 11.3. The van der Waals surface area contributed by atoms with Gasteiger partial charge in [-0.2, -0.15) is 0 Å². The highest BCUT2D eigenvalue weighted by molar-refractivity contribution is 4.82. The molecule has 1 aliphatic carbocycles. The molecule has 1 heterocycles. The maximum atomic E-state index is 5.66. The van der Waals surface area contributed by atoms with Gasteiger partial charge in [0.15, 0.2) is 6.29 Å². The molecule has 0 spiro atoms. The number of hydrogen-bond acceptors (Lipinski definition) is 4. The predicted molar refractivity (Wildman–Crippen MR) is 56.5 cm³/mol. The second-order valence-electron chi connectivity index (χ2n) is 4.39. The Labute approximate surface area is 91.1 Å². The SMILES string of the molecule is N[C@H]1C[C@@H](OCCOC2CCCCO2)C1. The van der Waals surface area contributed by atoms with Crippen LogP contribution in [0.2, 0.25) is 0 Å². The molecule has 1 saturated heterocycles. The van der Waals surface area contributed by atoms with Crippen molar-refractivity contribution >= 4 is 0 Å². The van der Waals surface area contributed by atoms with Crippen molar-refractivity contribution in [3.63, 3.8) is 0 Å². The molecule has 15 heavy (non-hydrogen) atoms. The zero-order chi connectivity index (χ0) is 10.5. The van der Waals surface area contributed by atoms with Gasteiger partial charge in [0.2, 0.25) is 0 Å². The third-order valence-electron chi connectivity index (χ3n) is 3.01. The van der Waals surface area contributed by atoms with E-state index in [0.29, 0.717) is 25.4 Å². The molecule has 2 rings (SSSR count). The molecule has 0 aromatic heterocycles. The molecule has 2 aliphatic rings. The molecule has 1 saturated carbocycles. The van der Waals surface area contributed by atoms with Crippen LogP contribution in [0.3, 0.4) is 0 Å². The van der Waals surface area contributed by atoms with E-state index in [1.54, 1.807) is 0 Å². The minimum absolute atomic E-state index is 0.00555. The van der Waals surface area contributed by atoms with Crippen LogP contribution in [0.15, 0.2) is 0 Å². The molecule has 2 fully saturated rings. The molecule has 88 valence electrons.